The minimum absolute atomic E-state index is 0.00212. The van der Waals surface area contributed by atoms with Gasteiger partial charge in [0.15, 0.2) is 0 Å². The van der Waals surface area contributed by atoms with Gasteiger partial charge in [-0.25, -0.2) is 0 Å². The van der Waals surface area contributed by atoms with Gasteiger partial charge in [-0.2, -0.15) is 0 Å². The predicted molar refractivity (Wildman–Crippen MR) is 238 cm³/mol. The van der Waals surface area contributed by atoms with Gasteiger partial charge in [0.1, 0.15) is 17.1 Å². The van der Waals surface area contributed by atoms with E-state index in [1.807, 2.05) is 30.3 Å². The zero-order valence-electron chi connectivity index (χ0n) is 37.8. The Bertz CT molecular complexity index is 2020. The Labute approximate surface area is 336 Å². The van der Waals surface area contributed by atoms with Crippen LogP contribution in [0.4, 0.5) is 0 Å². The molecule has 0 bridgehead atoms. The fourth-order valence-corrected chi connectivity index (χ4v) is 10.4. The van der Waals surface area contributed by atoms with E-state index in [-0.39, 0.29) is 37.9 Å². The summed E-state index contributed by atoms with van der Waals surface area (Å²) < 4.78 is 21.7. The fourth-order valence-electron chi connectivity index (χ4n) is 9.03. The van der Waals surface area contributed by atoms with E-state index < -0.39 is 14.2 Å². The van der Waals surface area contributed by atoms with E-state index in [0.717, 1.165) is 16.7 Å². The van der Waals surface area contributed by atoms with Crippen molar-refractivity contribution in [2.75, 3.05) is 0 Å². The van der Waals surface area contributed by atoms with Gasteiger partial charge < -0.3 is 9.05 Å². The monoisotopic (exact) mass is 763 g/mol. The molecule has 0 saturated carbocycles. The minimum atomic E-state index is -1.99. The summed E-state index contributed by atoms with van der Waals surface area (Å²) >= 11 is 0. The standard InChI is InChI=1S/C51H71O3P/c1-34-40-33-50(47(11,12)13,48(14,15)16)28-27-36(40)32-51(49(17,18)19,43(34)46(8,9)10)54-55(52-39-23-21-20-22-24-39)53-42-31-35-25-26-38(44(2,3)4)29-37(35)30-41(42)45(5,6)7/h20-33H,1-19H3. The summed E-state index contributed by atoms with van der Waals surface area (Å²) in [4.78, 5) is 0. The van der Waals surface area contributed by atoms with Gasteiger partial charge in [0.05, 0.1) is 0 Å². The van der Waals surface area contributed by atoms with Gasteiger partial charge in [0.2, 0.25) is 0 Å². The molecule has 2 aliphatic carbocycles. The van der Waals surface area contributed by atoms with E-state index in [9.17, 15) is 0 Å². The topological polar surface area (TPSA) is 27.7 Å². The van der Waals surface area contributed by atoms with Crippen LogP contribution >= 0.6 is 8.60 Å². The van der Waals surface area contributed by atoms with Crippen LogP contribution in [0.3, 0.4) is 0 Å². The Morgan fingerprint density at radius 1 is 0.564 bits per heavy atom. The Hall–Kier alpha value is -3.13. The van der Waals surface area contributed by atoms with Crippen molar-refractivity contribution < 1.29 is 13.6 Å². The molecule has 298 valence electrons. The molecule has 0 aromatic heterocycles. The summed E-state index contributed by atoms with van der Waals surface area (Å²) in [6.45, 7) is 43.9. The maximum Gasteiger partial charge on any atom is 0.464 e. The van der Waals surface area contributed by atoms with Crippen LogP contribution in [0.5, 0.6) is 11.5 Å². The first-order chi connectivity index (χ1) is 24.9. The zero-order chi connectivity index (χ0) is 41.4. The lowest BCUT2D eigenvalue weighted by Gasteiger charge is -2.55. The molecule has 3 aromatic rings. The number of hydrogen-bond donors (Lipinski definition) is 0. The van der Waals surface area contributed by atoms with Gasteiger partial charge >= 0.3 is 8.60 Å². The molecule has 4 heteroatoms. The van der Waals surface area contributed by atoms with Crippen LogP contribution in [0.15, 0.2) is 107 Å². The fraction of sp³-hybridized carbons (Fsp3) is 0.529. The molecular formula is C51H71O3P. The van der Waals surface area contributed by atoms with Crippen molar-refractivity contribution in [2.24, 2.45) is 27.1 Å². The highest BCUT2D eigenvalue weighted by Gasteiger charge is 2.56. The normalized spacial score (nSPS) is 20.2. The highest BCUT2D eigenvalue weighted by molar-refractivity contribution is 7.42. The smallest absolute Gasteiger partial charge is 0.418 e. The number of rotatable bonds is 6. The van der Waals surface area contributed by atoms with Crippen molar-refractivity contribution in [3.8, 4) is 11.5 Å². The van der Waals surface area contributed by atoms with Gasteiger partial charge in [-0.15, -0.1) is 0 Å². The van der Waals surface area contributed by atoms with Gasteiger partial charge in [0.25, 0.3) is 0 Å². The molecule has 0 N–H and O–H groups in total. The maximum absolute atomic E-state index is 7.67. The van der Waals surface area contributed by atoms with Crippen LogP contribution in [0.2, 0.25) is 0 Å². The molecule has 55 heavy (non-hydrogen) atoms. The lowest BCUT2D eigenvalue weighted by atomic mass is 9.51. The van der Waals surface area contributed by atoms with Gasteiger partial charge in [0, 0.05) is 11.0 Å². The molecule has 3 aromatic carbocycles. The zero-order valence-corrected chi connectivity index (χ0v) is 38.6. The first-order valence-electron chi connectivity index (χ1n) is 20.3. The SMILES string of the molecule is CC1=C(C(C)(C)C)C(OP(Oc2ccccc2)Oc2cc3ccc(C(C)(C)C)cc3cc2C(C)(C)C)(C(C)(C)C)C=C2C=CC(C(C)(C)C)(C(C)(C)C)C=C21. The lowest BCUT2D eigenvalue weighted by Crippen LogP contribution is -2.51. The molecule has 3 nitrogen and oxygen atoms in total. The van der Waals surface area contributed by atoms with Crippen LogP contribution in [-0.2, 0) is 15.4 Å². The number of allylic oxidation sites excluding steroid dienone is 6. The molecule has 2 unspecified atom stereocenters. The molecule has 0 fully saturated rings. The van der Waals surface area contributed by atoms with E-state index in [1.165, 1.54) is 33.2 Å². The van der Waals surface area contributed by atoms with Crippen LogP contribution in [-0.4, -0.2) is 5.60 Å². The third-order valence-corrected chi connectivity index (χ3v) is 13.1. The number of benzene rings is 3. The van der Waals surface area contributed by atoms with Crippen molar-refractivity contribution >= 4 is 19.4 Å². The van der Waals surface area contributed by atoms with Gasteiger partial charge in [-0.05, 0) is 108 Å². The number of para-hydroxylation sites is 1. The van der Waals surface area contributed by atoms with Crippen LogP contribution in [0.1, 0.15) is 143 Å². The molecule has 0 aliphatic heterocycles. The van der Waals surface area contributed by atoms with Crippen LogP contribution in [0.25, 0.3) is 10.8 Å². The Morgan fingerprint density at radius 3 is 1.67 bits per heavy atom. The van der Waals surface area contributed by atoms with E-state index in [1.54, 1.807) is 0 Å². The molecule has 5 rings (SSSR count). The summed E-state index contributed by atoms with van der Waals surface area (Å²) in [5.74, 6) is 1.50. The quantitative estimate of drug-likeness (QED) is 0.234. The van der Waals surface area contributed by atoms with Crippen molar-refractivity contribution in [3.63, 3.8) is 0 Å². The summed E-state index contributed by atoms with van der Waals surface area (Å²) in [6, 6.07) is 21.3. The second kappa shape index (κ2) is 14.1. The van der Waals surface area contributed by atoms with Crippen molar-refractivity contribution in [1.29, 1.82) is 0 Å². The first kappa shape index (κ1) is 43.0. The Balaban J connectivity index is 1.75. The summed E-state index contributed by atoms with van der Waals surface area (Å²) in [6.07, 6.45) is 9.79. The average molecular weight is 763 g/mol. The third-order valence-electron chi connectivity index (χ3n) is 12.0. The second-order valence-electron chi connectivity index (χ2n) is 22.3. The lowest BCUT2D eigenvalue weighted by molar-refractivity contribution is 0.0190. The first-order valence-corrected chi connectivity index (χ1v) is 21.4. The Kier molecular flexibility index (Phi) is 11.0. The number of hydrogen-bond acceptors (Lipinski definition) is 3. The van der Waals surface area contributed by atoms with E-state index in [0.29, 0.717) is 5.75 Å². The predicted octanol–water partition coefficient (Wildman–Crippen LogP) is 15.8. The second-order valence-corrected chi connectivity index (χ2v) is 23.3. The summed E-state index contributed by atoms with van der Waals surface area (Å²) in [5.41, 5.74) is 5.66. The molecular weight excluding hydrogens is 692 g/mol. The Morgan fingerprint density at radius 2 is 1.16 bits per heavy atom. The average Bonchev–Trinajstić information content (AvgIpc) is 3.01. The molecule has 0 amide bonds. The largest absolute Gasteiger partial charge is 0.464 e. The third kappa shape index (κ3) is 8.18. The van der Waals surface area contributed by atoms with Crippen LogP contribution < -0.4 is 9.05 Å². The minimum Gasteiger partial charge on any atom is -0.418 e. The molecule has 2 aliphatic rings. The maximum atomic E-state index is 7.67. The van der Waals surface area contributed by atoms with E-state index in [2.05, 4.69) is 186 Å². The van der Waals surface area contributed by atoms with Crippen LogP contribution in [0, 0.1) is 27.1 Å². The molecule has 0 saturated heterocycles. The van der Waals surface area contributed by atoms with E-state index in [4.69, 9.17) is 13.6 Å². The molecule has 0 spiro atoms. The van der Waals surface area contributed by atoms with Crippen molar-refractivity contribution in [1.82, 2.24) is 0 Å². The summed E-state index contributed by atoms with van der Waals surface area (Å²) in [7, 11) is -1.99. The molecule has 2 atom stereocenters. The molecule has 0 heterocycles. The van der Waals surface area contributed by atoms with Gasteiger partial charge in [-0.1, -0.05) is 179 Å². The highest BCUT2D eigenvalue weighted by Crippen LogP contribution is 2.63. The van der Waals surface area contributed by atoms with Crippen molar-refractivity contribution in [3.05, 3.63) is 118 Å². The highest BCUT2D eigenvalue weighted by atomic mass is 31.2. The number of fused-ring (bicyclic) bond motifs is 2. The van der Waals surface area contributed by atoms with Gasteiger partial charge in [-0.3, -0.25) is 4.52 Å². The van der Waals surface area contributed by atoms with E-state index >= 15 is 0 Å². The molecule has 0 radical (unpaired) electrons. The summed E-state index contributed by atoms with van der Waals surface area (Å²) in [5, 5.41) is 2.34. The van der Waals surface area contributed by atoms with Crippen molar-refractivity contribution in [2.45, 2.75) is 148 Å².